The standard InChI is InChI=1S/C10H23N3O/c1-4-9(5-11)13(6-8(2)3)7-10(12)14/h8-9H,4-7,11H2,1-3H3,(H2,12,14). The molecule has 0 aromatic heterocycles. The number of hydrogen-bond donors (Lipinski definition) is 2. The zero-order valence-corrected chi connectivity index (χ0v) is 9.49. The smallest absolute Gasteiger partial charge is 0.231 e. The van der Waals surface area contributed by atoms with E-state index in [1.807, 2.05) is 0 Å². The van der Waals surface area contributed by atoms with Gasteiger partial charge in [0, 0.05) is 19.1 Å². The van der Waals surface area contributed by atoms with Crippen LogP contribution in [0, 0.1) is 5.92 Å². The lowest BCUT2D eigenvalue weighted by molar-refractivity contribution is -0.119. The van der Waals surface area contributed by atoms with E-state index in [-0.39, 0.29) is 11.9 Å². The van der Waals surface area contributed by atoms with Crippen LogP contribution in [0.4, 0.5) is 0 Å². The molecule has 0 aliphatic rings. The second-order valence-electron chi connectivity index (χ2n) is 4.09. The fraction of sp³-hybridized carbons (Fsp3) is 0.900. The molecule has 0 saturated heterocycles. The van der Waals surface area contributed by atoms with Crippen molar-refractivity contribution in [1.82, 2.24) is 4.90 Å². The fourth-order valence-electron chi connectivity index (χ4n) is 1.59. The Labute approximate surface area is 86.6 Å². The summed E-state index contributed by atoms with van der Waals surface area (Å²) < 4.78 is 0. The highest BCUT2D eigenvalue weighted by molar-refractivity contribution is 5.75. The number of amides is 1. The normalized spacial score (nSPS) is 13.6. The molecular weight excluding hydrogens is 178 g/mol. The summed E-state index contributed by atoms with van der Waals surface area (Å²) in [6, 6.07) is 0.268. The summed E-state index contributed by atoms with van der Waals surface area (Å²) in [5, 5.41) is 0. The van der Waals surface area contributed by atoms with Crippen LogP contribution in [0.1, 0.15) is 27.2 Å². The van der Waals surface area contributed by atoms with Crippen LogP contribution in [0.5, 0.6) is 0 Å². The van der Waals surface area contributed by atoms with Crippen molar-refractivity contribution in [3.8, 4) is 0 Å². The minimum absolute atomic E-state index is 0.268. The van der Waals surface area contributed by atoms with Gasteiger partial charge in [0.05, 0.1) is 6.54 Å². The summed E-state index contributed by atoms with van der Waals surface area (Å²) in [5.74, 6) is 0.243. The third kappa shape index (κ3) is 5.19. The van der Waals surface area contributed by atoms with Gasteiger partial charge in [0.1, 0.15) is 0 Å². The maximum atomic E-state index is 10.9. The predicted molar refractivity (Wildman–Crippen MR) is 58.7 cm³/mol. The third-order valence-electron chi connectivity index (χ3n) is 2.22. The summed E-state index contributed by atoms with van der Waals surface area (Å²) in [6.45, 7) is 8.09. The van der Waals surface area contributed by atoms with E-state index in [1.54, 1.807) is 0 Å². The summed E-state index contributed by atoms with van der Waals surface area (Å²) >= 11 is 0. The highest BCUT2D eigenvalue weighted by Gasteiger charge is 2.17. The molecule has 0 fully saturated rings. The number of carbonyl (C=O) groups is 1. The van der Waals surface area contributed by atoms with Crippen LogP contribution in [0.3, 0.4) is 0 Å². The van der Waals surface area contributed by atoms with E-state index in [9.17, 15) is 4.79 Å². The minimum atomic E-state index is -0.280. The van der Waals surface area contributed by atoms with E-state index < -0.39 is 0 Å². The summed E-state index contributed by atoms with van der Waals surface area (Å²) in [7, 11) is 0. The molecule has 1 atom stereocenters. The number of nitrogens with two attached hydrogens (primary N) is 2. The largest absolute Gasteiger partial charge is 0.369 e. The average molecular weight is 201 g/mol. The lowest BCUT2D eigenvalue weighted by Gasteiger charge is -2.30. The van der Waals surface area contributed by atoms with Crippen molar-refractivity contribution >= 4 is 5.91 Å². The molecule has 0 aliphatic carbocycles. The van der Waals surface area contributed by atoms with Crippen LogP contribution < -0.4 is 11.5 Å². The molecule has 1 unspecified atom stereocenters. The van der Waals surface area contributed by atoms with Crippen molar-refractivity contribution in [1.29, 1.82) is 0 Å². The zero-order valence-electron chi connectivity index (χ0n) is 9.49. The molecule has 0 saturated carbocycles. The Morgan fingerprint density at radius 3 is 2.29 bits per heavy atom. The molecule has 1 amide bonds. The predicted octanol–water partition coefficient (Wildman–Crippen LogP) is 0.167. The molecule has 0 aliphatic heterocycles. The molecule has 4 heteroatoms. The van der Waals surface area contributed by atoms with E-state index in [0.29, 0.717) is 19.0 Å². The van der Waals surface area contributed by atoms with Crippen LogP contribution in [0.2, 0.25) is 0 Å². The average Bonchev–Trinajstić information content (AvgIpc) is 2.03. The Morgan fingerprint density at radius 2 is 2.00 bits per heavy atom. The minimum Gasteiger partial charge on any atom is -0.369 e. The van der Waals surface area contributed by atoms with E-state index in [4.69, 9.17) is 11.5 Å². The molecule has 0 aromatic carbocycles. The Hall–Kier alpha value is -0.610. The van der Waals surface area contributed by atoms with Gasteiger partial charge in [0.25, 0.3) is 0 Å². The Kier molecular flexibility index (Phi) is 6.49. The van der Waals surface area contributed by atoms with Crippen LogP contribution in [-0.4, -0.2) is 36.5 Å². The van der Waals surface area contributed by atoms with Crippen LogP contribution in [0.25, 0.3) is 0 Å². The Morgan fingerprint density at radius 1 is 1.43 bits per heavy atom. The molecule has 0 bridgehead atoms. The quantitative estimate of drug-likeness (QED) is 0.616. The molecule has 0 spiro atoms. The highest BCUT2D eigenvalue weighted by Crippen LogP contribution is 2.06. The molecule has 0 heterocycles. The van der Waals surface area contributed by atoms with Gasteiger partial charge in [-0.25, -0.2) is 0 Å². The second-order valence-corrected chi connectivity index (χ2v) is 4.09. The summed E-state index contributed by atoms with van der Waals surface area (Å²) in [6.07, 6.45) is 0.955. The number of nitrogens with zero attached hydrogens (tertiary/aromatic N) is 1. The lowest BCUT2D eigenvalue weighted by Crippen LogP contribution is -2.46. The van der Waals surface area contributed by atoms with Crippen LogP contribution in [-0.2, 0) is 4.79 Å². The maximum absolute atomic E-state index is 10.9. The van der Waals surface area contributed by atoms with Gasteiger partial charge >= 0.3 is 0 Å². The van der Waals surface area contributed by atoms with Gasteiger partial charge in [-0.15, -0.1) is 0 Å². The maximum Gasteiger partial charge on any atom is 0.231 e. The molecule has 14 heavy (non-hydrogen) atoms. The molecule has 4 nitrogen and oxygen atoms in total. The first-order valence-electron chi connectivity index (χ1n) is 5.23. The zero-order chi connectivity index (χ0) is 11.1. The van der Waals surface area contributed by atoms with E-state index in [0.717, 1.165) is 13.0 Å². The SMILES string of the molecule is CCC(CN)N(CC(N)=O)CC(C)C. The van der Waals surface area contributed by atoms with Crippen molar-refractivity contribution in [2.24, 2.45) is 17.4 Å². The van der Waals surface area contributed by atoms with Crippen molar-refractivity contribution in [2.45, 2.75) is 33.2 Å². The van der Waals surface area contributed by atoms with Gasteiger partial charge in [-0.3, -0.25) is 9.69 Å². The van der Waals surface area contributed by atoms with Crippen LogP contribution in [0.15, 0.2) is 0 Å². The van der Waals surface area contributed by atoms with Crippen LogP contribution >= 0.6 is 0 Å². The van der Waals surface area contributed by atoms with Gasteiger partial charge in [0.15, 0.2) is 0 Å². The first kappa shape index (κ1) is 13.4. The molecule has 4 N–H and O–H groups in total. The number of rotatable bonds is 7. The monoisotopic (exact) mass is 201 g/mol. The fourth-order valence-corrected chi connectivity index (χ4v) is 1.59. The van der Waals surface area contributed by atoms with Gasteiger partial charge in [0.2, 0.25) is 5.91 Å². The van der Waals surface area contributed by atoms with Crippen molar-refractivity contribution < 1.29 is 4.79 Å². The molecule has 0 radical (unpaired) electrons. The number of primary amides is 1. The molecule has 84 valence electrons. The van der Waals surface area contributed by atoms with E-state index in [1.165, 1.54) is 0 Å². The molecule has 0 rings (SSSR count). The molecule has 0 aromatic rings. The lowest BCUT2D eigenvalue weighted by atomic mass is 10.1. The Bertz CT molecular complexity index is 167. The van der Waals surface area contributed by atoms with Gasteiger partial charge < -0.3 is 11.5 Å². The van der Waals surface area contributed by atoms with Gasteiger partial charge in [-0.05, 0) is 12.3 Å². The molecular formula is C10H23N3O. The first-order valence-corrected chi connectivity index (χ1v) is 5.23. The first-order chi connectivity index (χ1) is 6.51. The Balaban J connectivity index is 4.27. The van der Waals surface area contributed by atoms with Gasteiger partial charge in [-0.2, -0.15) is 0 Å². The summed E-state index contributed by atoms with van der Waals surface area (Å²) in [5.41, 5.74) is 10.8. The number of hydrogen-bond acceptors (Lipinski definition) is 3. The van der Waals surface area contributed by atoms with E-state index in [2.05, 4.69) is 25.7 Å². The summed E-state index contributed by atoms with van der Waals surface area (Å²) in [4.78, 5) is 12.9. The van der Waals surface area contributed by atoms with Crippen molar-refractivity contribution in [3.63, 3.8) is 0 Å². The van der Waals surface area contributed by atoms with Crippen molar-refractivity contribution in [3.05, 3.63) is 0 Å². The highest BCUT2D eigenvalue weighted by atomic mass is 16.1. The number of carbonyl (C=O) groups excluding carboxylic acids is 1. The van der Waals surface area contributed by atoms with E-state index >= 15 is 0 Å². The topological polar surface area (TPSA) is 72.3 Å². The van der Waals surface area contributed by atoms with Gasteiger partial charge in [-0.1, -0.05) is 20.8 Å². The third-order valence-corrected chi connectivity index (χ3v) is 2.22. The second kappa shape index (κ2) is 6.79. The van der Waals surface area contributed by atoms with Crippen molar-refractivity contribution in [2.75, 3.05) is 19.6 Å².